The van der Waals surface area contributed by atoms with Crippen molar-refractivity contribution in [3.63, 3.8) is 0 Å². The smallest absolute Gasteiger partial charge is 0.339 e. The molecule has 0 spiro atoms. The van der Waals surface area contributed by atoms with Crippen LogP contribution in [0.4, 0.5) is 0 Å². The monoisotopic (exact) mass is 196 g/mol. The van der Waals surface area contributed by atoms with Crippen LogP contribution in [0.2, 0.25) is 0 Å². The van der Waals surface area contributed by atoms with Crippen molar-refractivity contribution in [3.05, 3.63) is 24.0 Å². The van der Waals surface area contributed by atoms with Gasteiger partial charge in [0, 0.05) is 12.2 Å². The molecule has 0 saturated carbocycles. The van der Waals surface area contributed by atoms with Gasteiger partial charge in [-0.1, -0.05) is 19.4 Å². The van der Waals surface area contributed by atoms with E-state index >= 15 is 0 Å². The number of cyclic esters (lactones) is 1. The Balaban J connectivity index is 2.15. The molecular formula is C11H16O3. The quantitative estimate of drug-likeness (QED) is 0.521. The minimum atomic E-state index is -0.253. The van der Waals surface area contributed by atoms with Crippen molar-refractivity contribution >= 4 is 5.97 Å². The first-order valence-corrected chi connectivity index (χ1v) is 4.96. The summed E-state index contributed by atoms with van der Waals surface area (Å²) in [5.74, 6) is 0.192. The van der Waals surface area contributed by atoms with E-state index in [0.717, 1.165) is 37.7 Å². The van der Waals surface area contributed by atoms with Crippen molar-refractivity contribution < 1.29 is 14.6 Å². The van der Waals surface area contributed by atoms with Gasteiger partial charge < -0.3 is 9.84 Å². The molecule has 1 rings (SSSR count). The van der Waals surface area contributed by atoms with Gasteiger partial charge in [-0.05, 0) is 25.3 Å². The van der Waals surface area contributed by atoms with E-state index in [-0.39, 0.29) is 12.6 Å². The molecule has 0 aromatic carbocycles. The molecule has 0 amide bonds. The molecular weight excluding hydrogens is 180 g/mol. The second-order valence-corrected chi connectivity index (χ2v) is 3.41. The zero-order valence-corrected chi connectivity index (χ0v) is 8.29. The predicted octanol–water partition coefficient (Wildman–Crippen LogP) is 1.93. The molecule has 0 fully saturated rings. The van der Waals surface area contributed by atoms with E-state index in [1.54, 1.807) is 6.08 Å². The summed E-state index contributed by atoms with van der Waals surface area (Å²) in [5, 5.41) is 8.56. The highest BCUT2D eigenvalue weighted by Gasteiger charge is 2.18. The van der Waals surface area contributed by atoms with Gasteiger partial charge in [-0.2, -0.15) is 0 Å². The van der Waals surface area contributed by atoms with Gasteiger partial charge in [0.2, 0.25) is 0 Å². The highest BCUT2D eigenvalue weighted by molar-refractivity contribution is 5.92. The Hall–Kier alpha value is -1.09. The Labute approximate surface area is 84.1 Å². The number of carbonyl (C=O) groups excluding carboxylic acids is 1. The SMILES string of the molecule is C=C1C=C(CCCCCCO)C(=O)O1. The summed E-state index contributed by atoms with van der Waals surface area (Å²) < 4.78 is 4.79. The van der Waals surface area contributed by atoms with Crippen LogP contribution < -0.4 is 0 Å². The first-order valence-electron chi connectivity index (χ1n) is 4.96. The van der Waals surface area contributed by atoms with Crippen LogP contribution >= 0.6 is 0 Å². The lowest BCUT2D eigenvalue weighted by molar-refractivity contribution is -0.133. The summed E-state index contributed by atoms with van der Waals surface area (Å²) in [7, 11) is 0. The number of ether oxygens (including phenoxy) is 1. The number of carbonyl (C=O) groups is 1. The van der Waals surface area contributed by atoms with Crippen LogP contribution in [0.5, 0.6) is 0 Å². The number of unbranched alkanes of at least 4 members (excludes halogenated alkanes) is 3. The normalized spacial score (nSPS) is 15.6. The standard InChI is InChI=1S/C11H16O3/c1-9-8-10(11(13)14-9)6-4-2-3-5-7-12/h8,12H,1-7H2. The van der Waals surface area contributed by atoms with Gasteiger partial charge in [0.1, 0.15) is 5.76 Å². The lowest BCUT2D eigenvalue weighted by Crippen LogP contribution is -1.98. The third-order valence-corrected chi connectivity index (χ3v) is 2.18. The topological polar surface area (TPSA) is 46.5 Å². The zero-order chi connectivity index (χ0) is 10.4. The largest absolute Gasteiger partial charge is 0.424 e. The molecule has 3 nitrogen and oxygen atoms in total. The Kier molecular flexibility index (Phi) is 4.40. The maximum absolute atomic E-state index is 11.1. The summed E-state index contributed by atoms with van der Waals surface area (Å²) in [5.41, 5.74) is 0.721. The van der Waals surface area contributed by atoms with E-state index in [9.17, 15) is 4.79 Å². The van der Waals surface area contributed by atoms with Gasteiger partial charge in [-0.25, -0.2) is 4.79 Å². The van der Waals surface area contributed by atoms with E-state index in [1.165, 1.54) is 0 Å². The van der Waals surface area contributed by atoms with Gasteiger partial charge in [0.25, 0.3) is 0 Å². The van der Waals surface area contributed by atoms with E-state index < -0.39 is 0 Å². The van der Waals surface area contributed by atoms with E-state index in [0.29, 0.717) is 5.76 Å². The molecule has 14 heavy (non-hydrogen) atoms. The maximum atomic E-state index is 11.1. The Morgan fingerprint density at radius 3 is 2.57 bits per heavy atom. The van der Waals surface area contributed by atoms with Gasteiger partial charge >= 0.3 is 5.97 Å². The summed E-state index contributed by atoms with van der Waals surface area (Å²) in [6.07, 6.45) is 6.32. The van der Waals surface area contributed by atoms with Crippen molar-refractivity contribution in [3.8, 4) is 0 Å². The Morgan fingerprint density at radius 2 is 2.00 bits per heavy atom. The number of esters is 1. The van der Waals surface area contributed by atoms with Gasteiger partial charge in [0.05, 0.1) is 0 Å². The molecule has 1 aliphatic heterocycles. The third-order valence-electron chi connectivity index (χ3n) is 2.18. The zero-order valence-electron chi connectivity index (χ0n) is 8.29. The highest BCUT2D eigenvalue weighted by atomic mass is 16.5. The fraction of sp³-hybridized carbons (Fsp3) is 0.545. The van der Waals surface area contributed by atoms with Crippen LogP contribution in [0.1, 0.15) is 32.1 Å². The van der Waals surface area contributed by atoms with Crippen molar-refractivity contribution in [1.29, 1.82) is 0 Å². The summed E-state index contributed by atoms with van der Waals surface area (Å²) in [6, 6.07) is 0. The second kappa shape index (κ2) is 5.60. The number of allylic oxidation sites excluding steroid dienone is 1. The molecule has 1 aliphatic rings. The Bertz CT molecular complexity index is 253. The average Bonchev–Trinajstić information content (AvgIpc) is 2.45. The summed E-state index contributed by atoms with van der Waals surface area (Å²) in [4.78, 5) is 11.1. The molecule has 0 unspecified atom stereocenters. The number of aliphatic hydroxyl groups excluding tert-OH is 1. The van der Waals surface area contributed by atoms with Gasteiger partial charge in [0.15, 0.2) is 0 Å². The number of hydrogen-bond donors (Lipinski definition) is 1. The first kappa shape index (κ1) is 11.0. The second-order valence-electron chi connectivity index (χ2n) is 3.41. The molecule has 0 aromatic heterocycles. The van der Waals surface area contributed by atoms with Crippen LogP contribution in [0.25, 0.3) is 0 Å². The summed E-state index contributed by atoms with van der Waals surface area (Å²) >= 11 is 0. The van der Waals surface area contributed by atoms with Crippen LogP contribution in [0.15, 0.2) is 24.0 Å². The van der Waals surface area contributed by atoms with Crippen molar-refractivity contribution in [2.45, 2.75) is 32.1 Å². The lowest BCUT2D eigenvalue weighted by Gasteiger charge is -1.99. The molecule has 0 radical (unpaired) electrons. The van der Waals surface area contributed by atoms with Crippen LogP contribution in [-0.4, -0.2) is 17.7 Å². The molecule has 1 heterocycles. The average molecular weight is 196 g/mol. The number of aliphatic hydroxyl groups is 1. The fourth-order valence-corrected chi connectivity index (χ4v) is 1.42. The Morgan fingerprint density at radius 1 is 1.29 bits per heavy atom. The van der Waals surface area contributed by atoms with Crippen LogP contribution in [0.3, 0.4) is 0 Å². The van der Waals surface area contributed by atoms with Crippen LogP contribution in [0, 0.1) is 0 Å². The fourth-order valence-electron chi connectivity index (χ4n) is 1.42. The molecule has 78 valence electrons. The molecule has 0 aromatic rings. The summed E-state index contributed by atoms with van der Waals surface area (Å²) in [6.45, 7) is 3.81. The molecule has 0 saturated heterocycles. The van der Waals surface area contributed by atoms with E-state index in [4.69, 9.17) is 9.84 Å². The number of rotatable bonds is 6. The molecule has 0 aliphatic carbocycles. The molecule has 0 atom stereocenters. The van der Waals surface area contributed by atoms with Crippen LogP contribution in [-0.2, 0) is 9.53 Å². The highest BCUT2D eigenvalue weighted by Crippen LogP contribution is 2.20. The first-order chi connectivity index (χ1) is 6.74. The van der Waals surface area contributed by atoms with Crippen molar-refractivity contribution in [2.24, 2.45) is 0 Å². The minimum absolute atomic E-state index is 0.252. The lowest BCUT2D eigenvalue weighted by atomic mass is 10.1. The van der Waals surface area contributed by atoms with Crippen molar-refractivity contribution in [2.75, 3.05) is 6.61 Å². The van der Waals surface area contributed by atoms with Crippen molar-refractivity contribution in [1.82, 2.24) is 0 Å². The molecule has 3 heteroatoms. The molecule has 1 N–H and O–H groups in total. The van der Waals surface area contributed by atoms with E-state index in [1.807, 2.05) is 0 Å². The maximum Gasteiger partial charge on any atom is 0.339 e. The van der Waals surface area contributed by atoms with Gasteiger partial charge in [-0.15, -0.1) is 0 Å². The van der Waals surface area contributed by atoms with E-state index in [2.05, 4.69) is 6.58 Å². The van der Waals surface area contributed by atoms with Gasteiger partial charge in [-0.3, -0.25) is 0 Å². The number of hydrogen-bond acceptors (Lipinski definition) is 3. The predicted molar refractivity (Wildman–Crippen MR) is 53.5 cm³/mol. The minimum Gasteiger partial charge on any atom is -0.424 e. The third kappa shape index (κ3) is 3.34. The molecule has 0 bridgehead atoms.